The lowest BCUT2D eigenvalue weighted by atomic mass is 10.1. The molecule has 0 amide bonds. The first-order valence-corrected chi connectivity index (χ1v) is 5.58. The van der Waals surface area contributed by atoms with Crippen LogP contribution in [0.15, 0.2) is 18.2 Å². The zero-order valence-corrected chi connectivity index (χ0v) is 8.90. The second kappa shape index (κ2) is 4.48. The highest BCUT2D eigenvalue weighted by Gasteiger charge is 2.36. The Morgan fingerprint density at radius 3 is 2.29 bits per heavy atom. The van der Waals surface area contributed by atoms with Crippen LogP contribution in [0.25, 0.3) is 0 Å². The predicted molar refractivity (Wildman–Crippen MR) is 49.5 cm³/mol. The molecule has 0 heterocycles. The van der Waals surface area contributed by atoms with Crippen molar-refractivity contribution in [3.63, 3.8) is 0 Å². The van der Waals surface area contributed by atoms with Crippen molar-refractivity contribution in [1.82, 2.24) is 0 Å². The van der Waals surface area contributed by atoms with Crippen molar-refractivity contribution in [3.05, 3.63) is 29.3 Å². The van der Waals surface area contributed by atoms with E-state index in [9.17, 15) is 22.5 Å². The average molecular weight is 270 g/mol. The van der Waals surface area contributed by atoms with Crippen LogP contribution in [-0.4, -0.2) is 16.1 Å². The summed E-state index contributed by atoms with van der Waals surface area (Å²) in [5.74, 6) is -1.03. The lowest BCUT2D eigenvalue weighted by Crippen LogP contribution is -2.08. The normalized spacial score (nSPS) is 12.3. The van der Waals surface area contributed by atoms with Crippen LogP contribution < -0.4 is 4.52 Å². The van der Waals surface area contributed by atoms with Gasteiger partial charge in [0.1, 0.15) is 12.0 Å². The fourth-order valence-corrected chi connectivity index (χ4v) is 1.47. The topological polar surface area (TPSA) is 83.8 Å². The van der Waals surface area contributed by atoms with Gasteiger partial charge in [-0.3, -0.25) is 14.6 Å². The molecule has 0 aliphatic heterocycles. The summed E-state index contributed by atoms with van der Waals surface area (Å²) >= 11 is 0. The fraction of sp³-hybridized carbons (Fsp3) is 0.125. The van der Waals surface area contributed by atoms with Crippen molar-refractivity contribution in [3.8, 4) is 5.75 Å². The summed E-state index contributed by atoms with van der Waals surface area (Å²) in [5.41, 5.74) is -1.71. The minimum absolute atomic E-state index is 0.177. The zero-order chi connectivity index (χ0) is 13.3. The molecule has 1 rings (SSSR count). The highest BCUT2D eigenvalue weighted by Crippen LogP contribution is 2.44. The Labute approximate surface area is 93.1 Å². The SMILES string of the molecule is O=Cc1ccc(OP(=O)(O)O)c(C(F)(F)F)c1. The number of hydrogen-bond acceptors (Lipinski definition) is 3. The van der Waals surface area contributed by atoms with Crippen LogP contribution in [0.1, 0.15) is 15.9 Å². The van der Waals surface area contributed by atoms with E-state index in [1.807, 2.05) is 0 Å². The van der Waals surface area contributed by atoms with Gasteiger partial charge in [-0.25, -0.2) is 4.57 Å². The first-order chi connectivity index (χ1) is 7.63. The van der Waals surface area contributed by atoms with Crippen molar-refractivity contribution in [2.45, 2.75) is 6.18 Å². The molecule has 94 valence electrons. The summed E-state index contributed by atoms with van der Waals surface area (Å²) in [7, 11) is -5.10. The zero-order valence-electron chi connectivity index (χ0n) is 8.01. The molecule has 1 aromatic carbocycles. The monoisotopic (exact) mass is 270 g/mol. The number of phosphoric acid groups is 1. The van der Waals surface area contributed by atoms with Gasteiger partial charge >= 0.3 is 14.0 Å². The van der Waals surface area contributed by atoms with Gasteiger partial charge in [-0.05, 0) is 18.2 Å². The number of carbonyl (C=O) groups is 1. The molecule has 0 aliphatic carbocycles. The van der Waals surface area contributed by atoms with Gasteiger partial charge in [0, 0.05) is 5.56 Å². The van der Waals surface area contributed by atoms with Gasteiger partial charge in [0.05, 0.1) is 5.56 Å². The van der Waals surface area contributed by atoms with E-state index in [-0.39, 0.29) is 11.8 Å². The third-order valence-electron chi connectivity index (χ3n) is 1.66. The third-order valence-corrected chi connectivity index (χ3v) is 2.10. The van der Waals surface area contributed by atoms with Crippen molar-refractivity contribution in [2.75, 3.05) is 0 Å². The van der Waals surface area contributed by atoms with Crippen LogP contribution in [0, 0.1) is 0 Å². The second-order valence-corrected chi connectivity index (χ2v) is 4.12. The molecule has 1 aromatic rings. The third kappa shape index (κ3) is 3.85. The molecule has 0 spiro atoms. The smallest absolute Gasteiger partial charge is 0.404 e. The molecule has 0 radical (unpaired) electrons. The minimum atomic E-state index is -5.10. The maximum Gasteiger partial charge on any atom is 0.524 e. The van der Waals surface area contributed by atoms with Crippen molar-refractivity contribution in [1.29, 1.82) is 0 Å². The van der Waals surface area contributed by atoms with Crippen LogP contribution in [0.3, 0.4) is 0 Å². The van der Waals surface area contributed by atoms with Gasteiger partial charge in [0.25, 0.3) is 0 Å². The lowest BCUT2D eigenvalue weighted by Gasteiger charge is -2.14. The highest BCUT2D eigenvalue weighted by atomic mass is 31.2. The second-order valence-electron chi connectivity index (χ2n) is 2.95. The Bertz CT molecular complexity index is 479. The molecule has 0 unspecified atom stereocenters. The van der Waals surface area contributed by atoms with Crippen LogP contribution in [0.4, 0.5) is 13.2 Å². The number of hydrogen-bond donors (Lipinski definition) is 2. The molecule has 0 saturated heterocycles. The molecule has 0 aromatic heterocycles. The van der Waals surface area contributed by atoms with Crippen LogP contribution in [0.2, 0.25) is 0 Å². The number of phosphoric ester groups is 1. The maximum absolute atomic E-state index is 12.5. The van der Waals surface area contributed by atoms with Gasteiger partial charge in [0.2, 0.25) is 0 Å². The van der Waals surface area contributed by atoms with Gasteiger partial charge < -0.3 is 4.52 Å². The van der Waals surface area contributed by atoms with Gasteiger partial charge in [-0.15, -0.1) is 0 Å². The van der Waals surface area contributed by atoms with E-state index in [1.54, 1.807) is 0 Å². The number of rotatable bonds is 3. The summed E-state index contributed by atoms with van der Waals surface area (Å²) in [6.07, 6.45) is -4.71. The van der Waals surface area contributed by atoms with E-state index in [0.29, 0.717) is 12.1 Å². The molecular weight excluding hydrogens is 264 g/mol. The Kier molecular flexibility index (Phi) is 3.61. The Morgan fingerprint density at radius 2 is 1.88 bits per heavy atom. The van der Waals surface area contributed by atoms with Crippen molar-refractivity contribution >= 4 is 14.1 Å². The summed E-state index contributed by atoms with van der Waals surface area (Å²) < 4.78 is 51.8. The van der Waals surface area contributed by atoms with Gasteiger partial charge in [0.15, 0.2) is 0 Å². The van der Waals surface area contributed by atoms with E-state index in [0.717, 1.165) is 6.07 Å². The molecule has 17 heavy (non-hydrogen) atoms. The Balaban J connectivity index is 3.30. The molecule has 0 aliphatic rings. The van der Waals surface area contributed by atoms with E-state index in [1.165, 1.54) is 0 Å². The summed E-state index contributed by atoms with van der Waals surface area (Å²) in [4.78, 5) is 27.2. The number of benzene rings is 1. The van der Waals surface area contributed by atoms with E-state index in [2.05, 4.69) is 4.52 Å². The standard InChI is InChI=1S/C8H6F3O5P/c9-8(10,11)6-3-5(4-12)1-2-7(6)16-17(13,14)15/h1-4H,(H2,13,14,15). The molecule has 0 atom stereocenters. The first kappa shape index (κ1) is 13.7. The summed E-state index contributed by atoms with van der Waals surface area (Å²) in [5, 5.41) is 0. The van der Waals surface area contributed by atoms with Gasteiger partial charge in [-0.2, -0.15) is 13.2 Å². The highest BCUT2D eigenvalue weighted by molar-refractivity contribution is 7.46. The van der Waals surface area contributed by atoms with E-state index in [4.69, 9.17) is 9.79 Å². The molecule has 2 N–H and O–H groups in total. The first-order valence-electron chi connectivity index (χ1n) is 4.05. The molecule has 0 bridgehead atoms. The predicted octanol–water partition coefficient (Wildman–Crippen LogP) is 1.99. The lowest BCUT2D eigenvalue weighted by molar-refractivity contribution is -0.138. The van der Waals surface area contributed by atoms with Crippen molar-refractivity contribution in [2.24, 2.45) is 0 Å². The molecule has 9 heteroatoms. The Morgan fingerprint density at radius 1 is 1.29 bits per heavy atom. The van der Waals surface area contributed by atoms with E-state index < -0.39 is 25.3 Å². The number of carbonyl (C=O) groups excluding carboxylic acids is 1. The quantitative estimate of drug-likeness (QED) is 0.648. The summed E-state index contributed by atoms with van der Waals surface area (Å²) in [6.45, 7) is 0. The van der Waals surface area contributed by atoms with Crippen LogP contribution in [-0.2, 0) is 10.7 Å². The Hall–Kier alpha value is -1.37. The minimum Gasteiger partial charge on any atom is -0.404 e. The maximum atomic E-state index is 12.5. The number of halogens is 3. The van der Waals surface area contributed by atoms with Gasteiger partial charge in [-0.1, -0.05) is 0 Å². The number of alkyl halides is 3. The number of aldehydes is 1. The molecule has 5 nitrogen and oxygen atoms in total. The molecular formula is C8H6F3O5P. The molecule has 0 fully saturated rings. The van der Waals surface area contributed by atoms with Crippen LogP contribution in [0.5, 0.6) is 5.75 Å². The van der Waals surface area contributed by atoms with Crippen LogP contribution >= 0.6 is 7.82 Å². The largest absolute Gasteiger partial charge is 0.524 e. The average Bonchev–Trinajstić information content (AvgIpc) is 2.14. The fourth-order valence-electron chi connectivity index (χ4n) is 1.05. The molecule has 0 saturated carbocycles. The van der Waals surface area contributed by atoms with Crippen molar-refractivity contribution < 1.29 is 36.8 Å². The van der Waals surface area contributed by atoms with E-state index >= 15 is 0 Å². The summed E-state index contributed by atoms with van der Waals surface area (Å²) in [6, 6.07) is 2.07.